The van der Waals surface area contributed by atoms with Gasteiger partial charge in [-0.2, -0.15) is 0 Å². The molecule has 12 heteroatoms. The molecule has 3 rings (SSSR count). The van der Waals surface area contributed by atoms with Crippen LogP contribution in [0.1, 0.15) is 19.8 Å². The lowest BCUT2D eigenvalue weighted by Gasteiger charge is -2.13. The second-order valence-corrected chi connectivity index (χ2v) is 10.4. The third kappa shape index (κ3) is 7.07. The van der Waals surface area contributed by atoms with Gasteiger partial charge >= 0.3 is 0 Å². The summed E-state index contributed by atoms with van der Waals surface area (Å²) in [5.41, 5.74) is 2.04. The summed E-state index contributed by atoms with van der Waals surface area (Å²) >= 11 is 7.68. The molecule has 1 amide bonds. The maximum Gasteiger partial charge on any atom is 0.262 e. The van der Waals surface area contributed by atoms with Crippen molar-refractivity contribution >= 4 is 49.7 Å². The van der Waals surface area contributed by atoms with Gasteiger partial charge in [0.15, 0.2) is 11.7 Å². The smallest absolute Gasteiger partial charge is 0.262 e. The second-order valence-electron chi connectivity index (χ2n) is 7.38. The number of benzene rings is 2. The summed E-state index contributed by atoms with van der Waals surface area (Å²) in [5.74, 6) is 0.232. The highest BCUT2D eigenvalue weighted by Crippen LogP contribution is 2.32. The summed E-state index contributed by atoms with van der Waals surface area (Å²) in [7, 11) is -0.364. The van der Waals surface area contributed by atoms with E-state index in [4.69, 9.17) is 21.1 Å². The van der Waals surface area contributed by atoms with E-state index in [1.165, 1.54) is 36.6 Å². The molecule has 0 fully saturated rings. The van der Waals surface area contributed by atoms with Crippen LogP contribution < -0.4 is 24.8 Å². The molecule has 3 N–H and O–H groups in total. The highest BCUT2D eigenvalue weighted by Gasteiger charge is 2.17. The van der Waals surface area contributed by atoms with Crippen LogP contribution in [-0.4, -0.2) is 46.6 Å². The van der Waals surface area contributed by atoms with Crippen molar-refractivity contribution in [3.8, 4) is 22.8 Å². The van der Waals surface area contributed by atoms with Crippen LogP contribution in [0.4, 0.5) is 10.8 Å². The Hall–Kier alpha value is -2.86. The first-order valence-electron chi connectivity index (χ1n) is 10.8. The summed E-state index contributed by atoms with van der Waals surface area (Å²) in [6, 6.07) is 9.47. The van der Waals surface area contributed by atoms with Gasteiger partial charge in [0.1, 0.15) is 11.5 Å². The molecule has 9 nitrogen and oxygen atoms in total. The minimum absolute atomic E-state index is 0.0282. The molecule has 2 aromatic carbocycles. The number of sulfonamides is 1. The molecule has 1 heterocycles. The van der Waals surface area contributed by atoms with Crippen molar-refractivity contribution in [1.29, 1.82) is 0 Å². The van der Waals surface area contributed by atoms with Crippen molar-refractivity contribution in [3.63, 3.8) is 0 Å². The van der Waals surface area contributed by atoms with Crippen LogP contribution in [0.2, 0.25) is 5.02 Å². The van der Waals surface area contributed by atoms with Crippen LogP contribution in [0.5, 0.6) is 11.5 Å². The van der Waals surface area contributed by atoms with Crippen molar-refractivity contribution in [3.05, 3.63) is 46.8 Å². The standard InChI is InChI=1S/C23H27ClN4O5S2/c1-4-5-10-26-35(30,31)16-7-9-20(17(24)12-16)33-13-22(29)27-18-11-15(6-8-21(18)32-3)19-14-34-23(25-2)28-19/h6-9,11-12,14,26H,4-5,10,13H2,1-3H3,(H,25,28)(H,27,29). The Morgan fingerprint density at radius 2 is 1.94 bits per heavy atom. The molecule has 0 saturated heterocycles. The zero-order valence-corrected chi connectivity index (χ0v) is 21.9. The van der Waals surface area contributed by atoms with Gasteiger partial charge in [0.2, 0.25) is 10.0 Å². The van der Waals surface area contributed by atoms with E-state index in [1.807, 2.05) is 18.4 Å². The third-order valence-electron chi connectivity index (χ3n) is 4.88. The van der Waals surface area contributed by atoms with E-state index in [2.05, 4.69) is 20.3 Å². The summed E-state index contributed by atoms with van der Waals surface area (Å²) in [5, 5.41) is 8.54. The van der Waals surface area contributed by atoms with E-state index in [0.717, 1.165) is 29.2 Å². The molecular weight excluding hydrogens is 512 g/mol. The highest BCUT2D eigenvalue weighted by molar-refractivity contribution is 7.89. The SMILES string of the molecule is CCCCNS(=O)(=O)c1ccc(OCC(=O)Nc2cc(-c3csc(NC)n3)ccc2OC)c(Cl)c1. The molecule has 0 saturated carbocycles. The van der Waals surface area contributed by atoms with Crippen LogP contribution in [0, 0.1) is 0 Å². The molecule has 0 unspecified atom stereocenters. The highest BCUT2D eigenvalue weighted by atomic mass is 35.5. The number of amides is 1. The maximum absolute atomic E-state index is 12.6. The molecule has 0 spiro atoms. The average Bonchev–Trinajstić information content (AvgIpc) is 3.33. The molecule has 35 heavy (non-hydrogen) atoms. The monoisotopic (exact) mass is 538 g/mol. The van der Waals surface area contributed by atoms with Gasteiger partial charge in [0, 0.05) is 24.5 Å². The van der Waals surface area contributed by atoms with Crippen LogP contribution in [0.25, 0.3) is 11.3 Å². The number of methoxy groups -OCH3 is 1. The molecule has 0 atom stereocenters. The van der Waals surface area contributed by atoms with Gasteiger partial charge in [-0.05, 0) is 42.8 Å². The lowest BCUT2D eigenvalue weighted by atomic mass is 10.1. The van der Waals surface area contributed by atoms with Gasteiger partial charge in [0.25, 0.3) is 5.91 Å². The van der Waals surface area contributed by atoms with E-state index < -0.39 is 15.9 Å². The Bertz CT molecular complexity index is 1280. The molecule has 1 aromatic heterocycles. The number of rotatable bonds is 12. The van der Waals surface area contributed by atoms with Crippen LogP contribution >= 0.6 is 22.9 Å². The van der Waals surface area contributed by atoms with Crippen molar-refractivity contribution in [2.45, 2.75) is 24.7 Å². The van der Waals surface area contributed by atoms with Gasteiger partial charge in [-0.3, -0.25) is 4.79 Å². The van der Waals surface area contributed by atoms with Gasteiger partial charge < -0.3 is 20.1 Å². The summed E-state index contributed by atoms with van der Waals surface area (Å²) < 4.78 is 38.1. The first-order chi connectivity index (χ1) is 16.8. The Labute approximate surface area is 213 Å². The number of unbranched alkanes of at least 4 members (excludes halogenated alkanes) is 1. The fourth-order valence-electron chi connectivity index (χ4n) is 3.05. The largest absolute Gasteiger partial charge is 0.495 e. The number of halogens is 1. The second kappa shape index (κ2) is 12.2. The molecule has 3 aromatic rings. The van der Waals surface area contributed by atoms with Crippen LogP contribution in [0.15, 0.2) is 46.7 Å². The normalized spacial score (nSPS) is 11.2. The number of nitrogens with one attached hydrogen (secondary N) is 3. The first kappa shape index (κ1) is 26.7. The van der Waals surface area contributed by atoms with E-state index >= 15 is 0 Å². The van der Waals surface area contributed by atoms with Crippen LogP contribution in [-0.2, 0) is 14.8 Å². The van der Waals surface area contributed by atoms with Crippen molar-refractivity contribution in [2.24, 2.45) is 0 Å². The predicted octanol–water partition coefficient (Wildman–Crippen LogP) is 4.61. The molecule has 0 aliphatic rings. The molecule has 0 aliphatic heterocycles. The van der Waals surface area contributed by atoms with Crippen molar-refractivity contribution in [1.82, 2.24) is 9.71 Å². The number of aromatic nitrogens is 1. The number of hydrogen-bond acceptors (Lipinski definition) is 8. The van der Waals surface area contributed by atoms with Gasteiger partial charge in [-0.15, -0.1) is 11.3 Å². The van der Waals surface area contributed by atoms with Gasteiger partial charge in [-0.25, -0.2) is 18.1 Å². The Morgan fingerprint density at radius 3 is 2.60 bits per heavy atom. The molecular formula is C23H27ClN4O5S2. The quantitative estimate of drug-likeness (QED) is 0.288. The Morgan fingerprint density at radius 1 is 1.17 bits per heavy atom. The fourth-order valence-corrected chi connectivity index (χ4v) is 5.13. The zero-order chi connectivity index (χ0) is 25.4. The average molecular weight is 539 g/mol. The van der Waals surface area contributed by atoms with E-state index in [9.17, 15) is 13.2 Å². The maximum atomic E-state index is 12.6. The van der Waals surface area contributed by atoms with Crippen molar-refractivity contribution < 1.29 is 22.7 Å². The van der Waals surface area contributed by atoms with Crippen molar-refractivity contribution in [2.75, 3.05) is 37.9 Å². The minimum Gasteiger partial charge on any atom is -0.495 e. The van der Waals surface area contributed by atoms with E-state index in [1.54, 1.807) is 19.2 Å². The van der Waals surface area contributed by atoms with Gasteiger partial charge in [0.05, 0.1) is 28.4 Å². The number of carbonyl (C=O) groups excluding carboxylic acids is 1. The molecule has 0 radical (unpaired) electrons. The number of anilines is 2. The van der Waals surface area contributed by atoms with E-state index in [-0.39, 0.29) is 22.3 Å². The summed E-state index contributed by atoms with van der Waals surface area (Å²) in [6.45, 7) is 1.98. The topological polar surface area (TPSA) is 119 Å². The van der Waals surface area contributed by atoms with E-state index in [0.29, 0.717) is 18.0 Å². The number of ether oxygens (including phenoxy) is 2. The molecule has 0 bridgehead atoms. The summed E-state index contributed by atoms with van der Waals surface area (Å²) in [6.07, 6.45) is 1.61. The van der Waals surface area contributed by atoms with Gasteiger partial charge in [-0.1, -0.05) is 24.9 Å². The molecule has 188 valence electrons. The lowest BCUT2D eigenvalue weighted by Crippen LogP contribution is -2.24. The Kier molecular flexibility index (Phi) is 9.33. The minimum atomic E-state index is -3.67. The lowest BCUT2D eigenvalue weighted by molar-refractivity contribution is -0.118. The number of thiazole rings is 1. The fraction of sp³-hybridized carbons (Fsp3) is 0.304. The summed E-state index contributed by atoms with van der Waals surface area (Å²) in [4.78, 5) is 17.1. The van der Waals surface area contributed by atoms with Crippen LogP contribution in [0.3, 0.4) is 0 Å². The number of carbonyl (C=O) groups is 1. The predicted molar refractivity (Wildman–Crippen MR) is 139 cm³/mol. The first-order valence-corrected chi connectivity index (χ1v) is 13.5. The third-order valence-corrected chi connectivity index (χ3v) is 7.50. The zero-order valence-electron chi connectivity index (χ0n) is 19.6. The Balaban J connectivity index is 1.66. The number of nitrogens with zero attached hydrogens (tertiary/aromatic N) is 1. The number of hydrogen-bond donors (Lipinski definition) is 3. The molecule has 0 aliphatic carbocycles.